The fraction of sp³-hybridized carbons (Fsp3) is 0.143. The maximum atomic E-state index is 9.06. The number of nitriles is 1. The number of rotatable bonds is 2. The van der Waals surface area contributed by atoms with E-state index in [1.54, 1.807) is 6.21 Å². The molecule has 4 heteroatoms. The van der Waals surface area contributed by atoms with Gasteiger partial charge in [0, 0.05) is 16.3 Å². The highest BCUT2D eigenvalue weighted by molar-refractivity contribution is 9.10. The summed E-state index contributed by atoms with van der Waals surface area (Å²) >= 11 is 3.37. The Morgan fingerprint density at radius 3 is 2.56 bits per heavy atom. The minimum atomic E-state index is 0.371. The molecule has 0 N–H and O–H groups in total. The van der Waals surface area contributed by atoms with E-state index < -0.39 is 0 Å². The van der Waals surface area contributed by atoms with Crippen LogP contribution < -0.4 is 0 Å². The minimum Gasteiger partial charge on any atom is -0.442 e. The average Bonchev–Trinajstić information content (AvgIpc) is 2.64. The largest absolute Gasteiger partial charge is 0.442 e. The minimum absolute atomic E-state index is 0.371. The molecule has 2 rings (SSSR count). The van der Waals surface area contributed by atoms with E-state index in [0.29, 0.717) is 11.4 Å². The Kier molecular flexibility index (Phi) is 3.63. The van der Waals surface area contributed by atoms with Gasteiger partial charge < -0.3 is 4.42 Å². The van der Waals surface area contributed by atoms with Crippen LogP contribution in [-0.4, -0.2) is 6.21 Å². The van der Waals surface area contributed by atoms with Crippen LogP contribution in [0.1, 0.15) is 22.5 Å². The highest BCUT2D eigenvalue weighted by Crippen LogP contribution is 2.27. The smallest absolute Gasteiger partial charge is 0.237 e. The molecule has 0 aliphatic carbocycles. The van der Waals surface area contributed by atoms with Gasteiger partial charge in [-0.05, 0) is 31.5 Å². The van der Waals surface area contributed by atoms with Crippen molar-refractivity contribution in [1.82, 2.24) is 0 Å². The van der Waals surface area contributed by atoms with Crippen LogP contribution in [-0.2, 0) is 0 Å². The molecule has 0 aliphatic rings. The first-order valence-corrected chi connectivity index (χ1v) is 6.21. The summed E-state index contributed by atoms with van der Waals surface area (Å²) in [6, 6.07) is 9.85. The Bertz CT molecular complexity index is 633. The van der Waals surface area contributed by atoms with E-state index in [4.69, 9.17) is 9.68 Å². The van der Waals surface area contributed by atoms with Crippen molar-refractivity contribution in [2.24, 2.45) is 4.99 Å². The van der Waals surface area contributed by atoms with Crippen molar-refractivity contribution in [3.05, 3.63) is 51.2 Å². The molecule has 0 saturated carbocycles. The third kappa shape index (κ3) is 2.52. The quantitative estimate of drug-likeness (QED) is 0.777. The van der Waals surface area contributed by atoms with Crippen LogP contribution in [0.15, 0.2) is 38.1 Å². The van der Waals surface area contributed by atoms with E-state index in [9.17, 15) is 0 Å². The molecule has 0 spiro atoms. The summed E-state index contributed by atoms with van der Waals surface area (Å²) in [4.78, 5) is 4.23. The summed E-state index contributed by atoms with van der Waals surface area (Å²) in [5.74, 6) is 1.10. The highest BCUT2D eigenvalue weighted by Gasteiger charge is 2.12. The van der Waals surface area contributed by atoms with Crippen molar-refractivity contribution in [2.45, 2.75) is 13.8 Å². The lowest BCUT2D eigenvalue weighted by molar-refractivity contribution is 0.542. The van der Waals surface area contributed by atoms with Gasteiger partial charge in [-0.25, -0.2) is 4.99 Å². The Morgan fingerprint density at radius 2 is 1.94 bits per heavy atom. The van der Waals surface area contributed by atoms with E-state index in [2.05, 4.69) is 27.0 Å². The van der Waals surface area contributed by atoms with Gasteiger partial charge in [-0.15, -0.1) is 0 Å². The van der Waals surface area contributed by atoms with Gasteiger partial charge in [-0.2, -0.15) is 5.26 Å². The van der Waals surface area contributed by atoms with Gasteiger partial charge in [-0.1, -0.05) is 28.1 Å². The maximum absolute atomic E-state index is 9.06. The van der Waals surface area contributed by atoms with Crippen LogP contribution in [0.25, 0.3) is 0 Å². The van der Waals surface area contributed by atoms with Crippen molar-refractivity contribution in [3.8, 4) is 6.07 Å². The van der Waals surface area contributed by atoms with Gasteiger partial charge in [0.2, 0.25) is 5.88 Å². The second-order valence-corrected chi connectivity index (χ2v) is 4.80. The van der Waals surface area contributed by atoms with Gasteiger partial charge in [0.05, 0.1) is 0 Å². The van der Waals surface area contributed by atoms with Crippen LogP contribution in [0.4, 0.5) is 5.88 Å². The summed E-state index contributed by atoms with van der Waals surface area (Å²) in [6.07, 6.45) is 1.69. The lowest BCUT2D eigenvalue weighted by atomic mass is 10.2. The molecule has 0 saturated heterocycles. The summed E-state index contributed by atoms with van der Waals surface area (Å²) in [6.45, 7) is 3.69. The molecule has 18 heavy (non-hydrogen) atoms. The molecular formula is C14H11BrN2O. The fourth-order valence-corrected chi connectivity index (χ4v) is 1.78. The number of hydrogen-bond acceptors (Lipinski definition) is 3. The first kappa shape index (κ1) is 12.6. The van der Waals surface area contributed by atoms with E-state index in [-0.39, 0.29) is 0 Å². The Morgan fingerprint density at radius 1 is 1.28 bits per heavy atom. The number of benzene rings is 1. The number of nitrogens with zero attached hydrogens (tertiary/aromatic N) is 2. The summed E-state index contributed by atoms with van der Waals surface area (Å²) in [5, 5.41) is 9.06. The molecule has 0 aliphatic heterocycles. The molecule has 0 amide bonds. The molecular weight excluding hydrogens is 292 g/mol. The molecule has 0 fully saturated rings. The molecule has 0 unspecified atom stereocenters. The zero-order valence-electron chi connectivity index (χ0n) is 10.1. The second-order valence-electron chi connectivity index (χ2n) is 3.88. The third-order valence-corrected chi connectivity index (χ3v) is 3.21. The predicted octanol–water partition coefficient (Wildman–Crippen LogP) is 4.28. The zero-order chi connectivity index (χ0) is 13.1. The number of aliphatic imine (C=N–C) groups is 1. The van der Waals surface area contributed by atoms with Crippen molar-refractivity contribution in [3.63, 3.8) is 0 Å². The maximum Gasteiger partial charge on any atom is 0.237 e. The Hall–Kier alpha value is -1.86. The Labute approximate surface area is 114 Å². The summed E-state index contributed by atoms with van der Waals surface area (Å²) < 4.78 is 6.47. The average molecular weight is 303 g/mol. The molecule has 1 heterocycles. The third-order valence-electron chi connectivity index (χ3n) is 2.68. The van der Waals surface area contributed by atoms with Crippen molar-refractivity contribution in [1.29, 1.82) is 5.26 Å². The van der Waals surface area contributed by atoms with Gasteiger partial charge in [-0.3, -0.25) is 0 Å². The predicted molar refractivity (Wildman–Crippen MR) is 74.3 cm³/mol. The van der Waals surface area contributed by atoms with Crippen LogP contribution in [0.2, 0.25) is 0 Å². The molecule has 0 radical (unpaired) electrons. The lowest BCUT2D eigenvalue weighted by Crippen LogP contribution is -1.80. The van der Waals surface area contributed by atoms with Gasteiger partial charge in [0.15, 0.2) is 0 Å². The van der Waals surface area contributed by atoms with Crippen molar-refractivity contribution >= 4 is 28.0 Å². The first-order valence-electron chi connectivity index (χ1n) is 5.41. The van der Waals surface area contributed by atoms with Crippen LogP contribution in [0, 0.1) is 25.2 Å². The number of aryl methyl sites for hydroxylation is 1. The SMILES string of the molecule is Cc1oc(/N=C/c2ccc(Br)cc2)c(C#N)c1C. The van der Waals surface area contributed by atoms with E-state index >= 15 is 0 Å². The van der Waals surface area contributed by atoms with E-state index in [0.717, 1.165) is 21.4 Å². The molecule has 3 nitrogen and oxygen atoms in total. The van der Waals surface area contributed by atoms with E-state index in [1.165, 1.54) is 0 Å². The van der Waals surface area contributed by atoms with Crippen molar-refractivity contribution < 1.29 is 4.42 Å². The second kappa shape index (κ2) is 5.19. The number of furan rings is 1. The van der Waals surface area contributed by atoms with Crippen molar-refractivity contribution in [2.75, 3.05) is 0 Å². The van der Waals surface area contributed by atoms with Crippen LogP contribution in [0.3, 0.4) is 0 Å². The molecule has 1 aromatic carbocycles. The standard InChI is InChI=1S/C14H11BrN2O/c1-9-10(2)18-14(13(9)7-16)17-8-11-3-5-12(15)6-4-11/h3-6,8H,1-2H3/b17-8+. The molecule has 0 bridgehead atoms. The monoisotopic (exact) mass is 302 g/mol. The van der Waals surface area contributed by atoms with Gasteiger partial charge in [0.1, 0.15) is 17.4 Å². The molecule has 2 aromatic rings. The summed E-state index contributed by atoms with van der Waals surface area (Å²) in [7, 11) is 0. The number of hydrogen-bond donors (Lipinski definition) is 0. The normalized spacial score (nSPS) is 10.8. The molecule has 0 atom stereocenters. The first-order chi connectivity index (χ1) is 8.61. The summed E-state index contributed by atoms with van der Waals surface area (Å²) in [5.41, 5.74) is 2.30. The topological polar surface area (TPSA) is 49.3 Å². The number of halogens is 1. The van der Waals surface area contributed by atoms with Crippen LogP contribution >= 0.6 is 15.9 Å². The molecule has 1 aromatic heterocycles. The van der Waals surface area contributed by atoms with Crippen LogP contribution in [0.5, 0.6) is 0 Å². The molecule has 90 valence electrons. The fourth-order valence-electron chi connectivity index (χ4n) is 1.51. The zero-order valence-corrected chi connectivity index (χ0v) is 11.7. The lowest BCUT2D eigenvalue weighted by Gasteiger charge is -1.92. The highest BCUT2D eigenvalue weighted by atomic mass is 79.9. The van der Waals surface area contributed by atoms with Gasteiger partial charge in [0.25, 0.3) is 0 Å². The van der Waals surface area contributed by atoms with Gasteiger partial charge >= 0.3 is 0 Å². The van der Waals surface area contributed by atoms with E-state index in [1.807, 2.05) is 38.1 Å². The Balaban J connectivity index is 2.32.